The lowest BCUT2D eigenvalue weighted by Crippen LogP contribution is -2.51. The minimum atomic E-state index is 0.122. The molecule has 1 fully saturated rings. The minimum absolute atomic E-state index is 0.122. The fraction of sp³-hybridized carbons (Fsp3) is 0.647. The summed E-state index contributed by atoms with van der Waals surface area (Å²) < 4.78 is 0. The molecule has 1 aromatic carbocycles. The molecule has 1 atom stereocenters. The quantitative estimate of drug-likeness (QED) is 0.798. The van der Waals surface area contributed by atoms with Gasteiger partial charge in [-0.2, -0.15) is 0 Å². The molecule has 0 radical (unpaired) electrons. The van der Waals surface area contributed by atoms with Gasteiger partial charge in [0.15, 0.2) is 0 Å². The van der Waals surface area contributed by atoms with Crippen LogP contribution in [0, 0.1) is 0 Å². The number of hydrogen-bond acceptors (Lipinski definition) is 4. The van der Waals surface area contributed by atoms with E-state index in [1.54, 1.807) is 0 Å². The van der Waals surface area contributed by atoms with Crippen molar-refractivity contribution in [3.05, 3.63) is 35.4 Å². The lowest BCUT2D eigenvalue weighted by molar-refractivity contribution is 0.0905. The normalized spacial score (nSPS) is 18.8. The van der Waals surface area contributed by atoms with Crippen molar-refractivity contribution in [1.29, 1.82) is 0 Å². The van der Waals surface area contributed by atoms with Gasteiger partial charge in [0, 0.05) is 45.3 Å². The molecule has 1 saturated heterocycles. The van der Waals surface area contributed by atoms with Crippen LogP contribution in [0.2, 0.25) is 0 Å². The molecule has 1 heterocycles. The molecule has 0 saturated carbocycles. The molecule has 0 amide bonds. The van der Waals surface area contributed by atoms with Crippen LogP contribution in [-0.2, 0) is 13.2 Å². The van der Waals surface area contributed by atoms with E-state index in [9.17, 15) is 0 Å². The molecule has 0 spiro atoms. The van der Waals surface area contributed by atoms with Crippen molar-refractivity contribution in [2.75, 3.05) is 32.7 Å². The predicted molar refractivity (Wildman–Crippen MR) is 87.0 cm³/mol. The Hall–Kier alpha value is -0.940. The summed E-state index contributed by atoms with van der Waals surface area (Å²) in [5, 5.41) is 9.07. The largest absolute Gasteiger partial charge is 0.392 e. The summed E-state index contributed by atoms with van der Waals surface area (Å²) in [5.74, 6) is 0. The average Bonchev–Trinajstić information content (AvgIpc) is 2.54. The molecular formula is C17H29N3O. The van der Waals surface area contributed by atoms with E-state index in [-0.39, 0.29) is 6.61 Å². The zero-order valence-electron chi connectivity index (χ0n) is 13.2. The first-order valence-corrected chi connectivity index (χ1v) is 8.12. The average molecular weight is 291 g/mol. The summed E-state index contributed by atoms with van der Waals surface area (Å²) in [6.45, 7) is 8.60. The molecule has 4 nitrogen and oxygen atoms in total. The van der Waals surface area contributed by atoms with Crippen molar-refractivity contribution in [2.24, 2.45) is 5.73 Å². The SMILES string of the molecule is CCCC(CN)N1CCN(Cc2ccc(CO)cc2)CC1. The van der Waals surface area contributed by atoms with E-state index in [4.69, 9.17) is 10.8 Å². The van der Waals surface area contributed by atoms with Gasteiger partial charge in [0.05, 0.1) is 6.61 Å². The highest BCUT2D eigenvalue weighted by Gasteiger charge is 2.22. The van der Waals surface area contributed by atoms with Crippen molar-refractivity contribution < 1.29 is 5.11 Å². The Labute approximate surface area is 128 Å². The molecule has 1 aliphatic heterocycles. The van der Waals surface area contributed by atoms with Crippen molar-refractivity contribution >= 4 is 0 Å². The van der Waals surface area contributed by atoms with E-state index < -0.39 is 0 Å². The van der Waals surface area contributed by atoms with Gasteiger partial charge < -0.3 is 10.8 Å². The summed E-state index contributed by atoms with van der Waals surface area (Å²) in [7, 11) is 0. The van der Waals surface area contributed by atoms with Crippen molar-refractivity contribution in [1.82, 2.24) is 9.80 Å². The van der Waals surface area contributed by atoms with E-state index in [1.807, 2.05) is 12.1 Å². The van der Waals surface area contributed by atoms with Gasteiger partial charge in [-0.1, -0.05) is 37.6 Å². The Morgan fingerprint density at radius 3 is 2.24 bits per heavy atom. The molecule has 1 aliphatic rings. The summed E-state index contributed by atoms with van der Waals surface area (Å²) in [5.41, 5.74) is 8.20. The maximum Gasteiger partial charge on any atom is 0.0681 e. The molecule has 3 N–H and O–H groups in total. The van der Waals surface area contributed by atoms with Gasteiger partial charge in [0.25, 0.3) is 0 Å². The summed E-state index contributed by atoms with van der Waals surface area (Å²) >= 11 is 0. The third-order valence-electron chi connectivity index (χ3n) is 4.43. The molecule has 21 heavy (non-hydrogen) atoms. The van der Waals surface area contributed by atoms with Gasteiger partial charge in [-0.15, -0.1) is 0 Å². The fourth-order valence-corrected chi connectivity index (χ4v) is 3.08. The first kappa shape index (κ1) is 16.4. The van der Waals surface area contributed by atoms with Gasteiger partial charge in [-0.25, -0.2) is 0 Å². The van der Waals surface area contributed by atoms with E-state index in [1.165, 1.54) is 18.4 Å². The first-order chi connectivity index (χ1) is 10.3. The summed E-state index contributed by atoms with van der Waals surface area (Å²) in [4.78, 5) is 5.05. The highest BCUT2D eigenvalue weighted by atomic mass is 16.3. The van der Waals surface area contributed by atoms with Crippen molar-refractivity contribution in [3.8, 4) is 0 Å². The molecule has 2 rings (SSSR count). The molecule has 118 valence electrons. The standard InChI is InChI=1S/C17H29N3O/c1-2-3-17(12-18)20-10-8-19(9-11-20)13-15-4-6-16(14-21)7-5-15/h4-7,17,21H,2-3,8-14,18H2,1H3. The number of piperazine rings is 1. The van der Waals surface area contributed by atoms with E-state index in [0.29, 0.717) is 6.04 Å². The maximum absolute atomic E-state index is 9.07. The number of benzene rings is 1. The van der Waals surface area contributed by atoms with Crippen LogP contribution in [0.5, 0.6) is 0 Å². The number of nitrogens with zero attached hydrogens (tertiary/aromatic N) is 2. The molecule has 0 aromatic heterocycles. The molecule has 4 heteroatoms. The van der Waals surface area contributed by atoms with E-state index in [2.05, 4.69) is 28.9 Å². The number of nitrogens with two attached hydrogens (primary N) is 1. The smallest absolute Gasteiger partial charge is 0.0681 e. The van der Waals surface area contributed by atoms with Crippen molar-refractivity contribution in [2.45, 2.75) is 39.0 Å². The second-order valence-electron chi connectivity index (χ2n) is 5.96. The first-order valence-electron chi connectivity index (χ1n) is 8.12. The number of hydrogen-bond donors (Lipinski definition) is 2. The summed E-state index contributed by atoms with van der Waals surface area (Å²) in [6.07, 6.45) is 2.42. The highest BCUT2D eigenvalue weighted by Crippen LogP contribution is 2.13. The molecular weight excluding hydrogens is 262 g/mol. The van der Waals surface area contributed by atoms with Crippen LogP contribution in [0.25, 0.3) is 0 Å². The Kier molecular flexibility index (Phi) is 6.64. The Balaban J connectivity index is 1.80. The Morgan fingerprint density at radius 2 is 1.71 bits per heavy atom. The van der Waals surface area contributed by atoms with Crippen LogP contribution in [0.3, 0.4) is 0 Å². The van der Waals surface area contributed by atoms with E-state index in [0.717, 1.165) is 44.8 Å². The minimum Gasteiger partial charge on any atom is -0.392 e. The number of aliphatic hydroxyl groups excluding tert-OH is 1. The van der Waals surface area contributed by atoms with Crippen LogP contribution in [0.1, 0.15) is 30.9 Å². The highest BCUT2D eigenvalue weighted by molar-refractivity contribution is 5.21. The second-order valence-corrected chi connectivity index (χ2v) is 5.96. The lowest BCUT2D eigenvalue weighted by atomic mass is 10.1. The number of aliphatic hydroxyl groups is 1. The van der Waals surface area contributed by atoms with Crippen LogP contribution in [0.15, 0.2) is 24.3 Å². The van der Waals surface area contributed by atoms with Crippen LogP contribution >= 0.6 is 0 Å². The predicted octanol–water partition coefficient (Wildman–Crippen LogP) is 1.42. The molecule has 0 aliphatic carbocycles. The van der Waals surface area contributed by atoms with Crippen LogP contribution in [0.4, 0.5) is 0 Å². The fourth-order valence-electron chi connectivity index (χ4n) is 3.08. The van der Waals surface area contributed by atoms with Crippen LogP contribution < -0.4 is 5.73 Å². The van der Waals surface area contributed by atoms with Gasteiger partial charge in [0.1, 0.15) is 0 Å². The maximum atomic E-state index is 9.07. The molecule has 0 bridgehead atoms. The topological polar surface area (TPSA) is 52.7 Å². The van der Waals surface area contributed by atoms with E-state index >= 15 is 0 Å². The van der Waals surface area contributed by atoms with Gasteiger partial charge in [0.2, 0.25) is 0 Å². The zero-order valence-corrected chi connectivity index (χ0v) is 13.2. The Bertz CT molecular complexity index is 399. The lowest BCUT2D eigenvalue weighted by Gasteiger charge is -2.39. The third kappa shape index (κ3) is 4.78. The molecule has 1 unspecified atom stereocenters. The zero-order chi connectivity index (χ0) is 15.1. The van der Waals surface area contributed by atoms with Gasteiger partial charge in [-0.3, -0.25) is 9.80 Å². The van der Waals surface area contributed by atoms with Crippen molar-refractivity contribution in [3.63, 3.8) is 0 Å². The molecule has 1 aromatic rings. The third-order valence-corrected chi connectivity index (χ3v) is 4.43. The van der Waals surface area contributed by atoms with Crippen LogP contribution in [-0.4, -0.2) is 53.7 Å². The summed E-state index contributed by atoms with van der Waals surface area (Å²) in [6, 6.07) is 8.82. The van der Waals surface area contributed by atoms with Gasteiger partial charge >= 0.3 is 0 Å². The Morgan fingerprint density at radius 1 is 1.10 bits per heavy atom. The van der Waals surface area contributed by atoms with Gasteiger partial charge in [-0.05, 0) is 17.5 Å². The second kappa shape index (κ2) is 8.49. The monoisotopic (exact) mass is 291 g/mol. The number of rotatable bonds is 7.